The number of piperazine rings is 1. The summed E-state index contributed by atoms with van der Waals surface area (Å²) in [6.45, 7) is 12.0. The molecule has 0 aromatic carbocycles. The zero-order valence-electron chi connectivity index (χ0n) is 14.3. The van der Waals surface area contributed by atoms with Crippen LogP contribution in [0.15, 0.2) is 0 Å². The fourth-order valence-electron chi connectivity index (χ4n) is 4.45. The van der Waals surface area contributed by atoms with Crippen molar-refractivity contribution in [3.05, 3.63) is 0 Å². The molecule has 2 rings (SSSR count). The molecule has 2 unspecified atom stereocenters. The molecule has 1 aliphatic heterocycles. The molecular formula is C18H36N2. The second-order valence-corrected chi connectivity index (χ2v) is 7.36. The molecule has 1 N–H and O–H groups in total. The quantitative estimate of drug-likeness (QED) is 0.812. The molecule has 0 aromatic heterocycles. The van der Waals surface area contributed by atoms with E-state index in [1.807, 2.05) is 0 Å². The number of hydrogen-bond donors (Lipinski definition) is 1. The van der Waals surface area contributed by atoms with E-state index in [0.29, 0.717) is 5.54 Å². The van der Waals surface area contributed by atoms with Gasteiger partial charge in [-0.3, -0.25) is 4.90 Å². The largest absolute Gasteiger partial charge is 0.311 e. The van der Waals surface area contributed by atoms with Gasteiger partial charge in [-0.25, -0.2) is 0 Å². The van der Waals surface area contributed by atoms with Crippen LogP contribution in [0.4, 0.5) is 0 Å². The summed E-state index contributed by atoms with van der Waals surface area (Å²) < 4.78 is 0. The summed E-state index contributed by atoms with van der Waals surface area (Å²) in [5.41, 5.74) is 0.363. The Morgan fingerprint density at radius 2 is 1.75 bits per heavy atom. The molecule has 1 saturated heterocycles. The highest BCUT2D eigenvalue weighted by Crippen LogP contribution is 2.33. The molecule has 0 radical (unpaired) electrons. The third-order valence-electron chi connectivity index (χ3n) is 6.20. The lowest BCUT2D eigenvalue weighted by atomic mass is 9.80. The van der Waals surface area contributed by atoms with Gasteiger partial charge in [0.15, 0.2) is 0 Å². The van der Waals surface area contributed by atoms with Crippen molar-refractivity contribution in [3.8, 4) is 0 Å². The molecule has 2 nitrogen and oxygen atoms in total. The minimum atomic E-state index is 0.363. The Labute approximate surface area is 126 Å². The first kappa shape index (κ1) is 16.3. The van der Waals surface area contributed by atoms with Crippen LogP contribution in [0.5, 0.6) is 0 Å². The van der Waals surface area contributed by atoms with E-state index in [-0.39, 0.29) is 0 Å². The van der Waals surface area contributed by atoms with E-state index in [2.05, 4.69) is 37.9 Å². The molecule has 2 fully saturated rings. The molecule has 2 aliphatic rings. The smallest absolute Gasteiger partial charge is 0.0306 e. The number of hydrogen-bond acceptors (Lipinski definition) is 2. The van der Waals surface area contributed by atoms with Crippen LogP contribution in [0, 0.1) is 5.92 Å². The average Bonchev–Trinajstić information content (AvgIpc) is 2.51. The predicted octanol–water partition coefficient (Wildman–Crippen LogP) is 4.20. The Bertz CT molecular complexity index is 281. The molecule has 2 heteroatoms. The molecule has 2 atom stereocenters. The van der Waals surface area contributed by atoms with Gasteiger partial charge in [0, 0.05) is 30.7 Å². The monoisotopic (exact) mass is 280 g/mol. The van der Waals surface area contributed by atoms with E-state index in [1.165, 1.54) is 64.5 Å². The molecule has 0 amide bonds. The van der Waals surface area contributed by atoms with Crippen molar-refractivity contribution >= 4 is 0 Å². The minimum Gasteiger partial charge on any atom is -0.311 e. The van der Waals surface area contributed by atoms with Crippen molar-refractivity contribution in [2.75, 3.05) is 13.1 Å². The molecule has 1 heterocycles. The molecule has 0 aromatic rings. The van der Waals surface area contributed by atoms with Crippen LogP contribution in [0.3, 0.4) is 0 Å². The zero-order chi connectivity index (χ0) is 14.6. The van der Waals surface area contributed by atoms with Gasteiger partial charge in [0.1, 0.15) is 0 Å². The maximum Gasteiger partial charge on any atom is 0.0306 e. The summed E-state index contributed by atoms with van der Waals surface area (Å²) in [5.74, 6) is 0.932. The van der Waals surface area contributed by atoms with Gasteiger partial charge in [-0.2, -0.15) is 0 Å². The zero-order valence-corrected chi connectivity index (χ0v) is 14.3. The van der Waals surface area contributed by atoms with Crippen LogP contribution in [-0.4, -0.2) is 35.6 Å². The standard InChI is InChI=1S/C18H36N2/c1-5-16(6-2)20-13-17(15-11-9-8-10-12-15)19-14-18(20,4)7-3/h15-17,19H,5-14H2,1-4H3. The van der Waals surface area contributed by atoms with E-state index in [1.54, 1.807) is 0 Å². The first-order valence-electron chi connectivity index (χ1n) is 9.14. The summed E-state index contributed by atoms with van der Waals surface area (Å²) in [6, 6.07) is 1.52. The maximum atomic E-state index is 3.92. The minimum absolute atomic E-state index is 0.363. The summed E-state index contributed by atoms with van der Waals surface area (Å²) in [6.07, 6.45) is 11.1. The van der Waals surface area contributed by atoms with Gasteiger partial charge in [0.05, 0.1) is 0 Å². The molecule has 1 aliphatic carbocycles. The molecule has 0 bridgehead atoms. The Morgan fingerprint density at radius 1 is 1.10 bits per heavy atom. The van der Waals surface area contributed by atoms with E-state index in [4.69, 9.17) is 0 Å². The summed E-state index contributed by atoms with van der Waals surface area (Å²) in [4.78, 5) is 2.86. The second-order valence-electron chi connectivity index (χ2n) is 7.36. The van der Waals surface area contributed by atoms with E-state index in [9.17, 15) is 0 Å². The highest BCUT2D eigenvalue weighted by atomic mass is 15.3. The van der Waals surface area contributed by atoms with Gasteiger partial charge in [-0.1, -0.05) is 40.0 Å². The topological polar surface area (TPSA) is 15.3 Å². The van der Waals surface area contributed by atoms with Gasteiger partial charge < -0.3 is 5.32 Å². The van der Waals surface area contributed by atoms with Gasteiger partial charge in [0.2, 0.25) is 0 Å². The molecule has 118 valence electrons. The molecular weight excluding hydrogens is 244 g/mol. The van der Waals surface area contributed by atoms with Crippen LogP contribution < -0.4 is 5.32 Å². The first-order chi connectivity index (χ1) is 9.64. The van der Waals surface area contributed by atoms with Crippen LogP contribution in [0.2, 0.25) is 0 Å². The SMILES string of the molecule is CCC(CC)N1CC(C2CCCCC2)NCC1(C)CC. The summed E-state index contributed by atoms with van der Waals surface area (Å²) >= 11 is 0. The van der Waals surface area contributed by atoms with Crippen molar-refractivity contribution in [3.63, 3.8) is 0 Å². The lowest BCUT2D eigenvalue weighted by Crippen LogP contribution is -2.66. The normalized spacial score (nSPS) is 33.8. The van der Waals surface area contributed by atoms with Crippen LogP contribution in [0.25, 0.3) is 0 Å². The highest BCUT2D eigenvalue weighted by molar-refractivity contribution is 4.99. The third kappa shape index (κ3) is 3.39. The maximum absolute atomic E-state index is 3.92. The van der Waals surface area contributed by atoms with Gasteiger partial charge >= 0.3 is 0 Å². The second kappa shape index (κ2) is 7.26. The fraction of sp³-hybridized carbons (Fsp3) is 1.00. The fourth-order valence-corrected chi connectivity index (χ4v) is 4.45. The predicted molar refractivity (Wildman–Crippen MR) is 88.1 cm³/mol. The Balaban J connectivity index is 2.06. The Kier molecular flexibility index (Phi) is 5.92. The van der Waals surface area contributed by atoms with Crippen molar-refractivity contribution in [2.24, 2.45) is 5.92 Å². The van der Waals surface area contributed by atoms with Gasteiger partial charge in [-0.05, 0) is 44.9 Å². The summed E-state index contributed by atoms with van der Waals surface area (Å²) in [5, 5.41) is 3.92. The molecule has 0 spiro atoms. The van der Waals surface area contributed by atoms with Crippen molar-refractivity contribution in [1.82, 2.24) is 10.2 Å². The Morgan fingerprint density at radius 3 is 2.30 bits per heavy atom. The lowest BCUT2D eigenvalue weighted by Gasteiger charge is -2.53. The number of nitrogens with zero attached hydrogens (tertiary/aromatic N) is 1. The van der Waals surface area contributed by atoms with E-state index in [0.717, 1.165) is 18.0 Å². The van der Waals surface area contributed by atoms with Crippen molar-refractivity contribution in [2.45, 2.75) is 96.7 Å². The Hall–Kier alpha value is -0.0800. The van der Waals surface area contributed by atoms with Gasteiger partial charge in [0.25, 0.3) is 0 Å². The van der Waals surface area contributed by atoms with E-state index < -0.39 is 0 Å². The highest BCUT2D eigenvalue weighted by Gasteiger charge is 2.41. The van der Waals surface area contributed by atoms with Crippen LogP contribution >= 0.6 is 0 Å². The van der Waals surface area contributed by atoms with Crippen molar-refractivity contribution < 1.29 is 0 Å². The molecule has 1 saturated carbocycles. The van der Waals surface area contributed by atoms with Crippen LogP contribution in [0.1, 0.15) is 79.1 Å². The van der Waals surface area contributed by atoms with Gasteiger partial charge in [-0.15, -0.1) is 0 Å². The molecule has 20 heavy (non-hydrogen) atoms. The van der Waals surface area contributed by atoms with Crippen molar-refractivity contribution in [1.29, 1.82) is 0 Å². The third-order valence-corrected chi connectivity index (χ3v) is 6.20. The average molecular weight is 280 g/mol. The first-order valence-corrected chi connectivity index (χ1v) is 9.14. The van der Waals surface area contributed by atoms with Crippen LogP contribution in [-0.2, 0) is 0 Å². The number of nitrogens with one attached hydrogen (secondary N) is 1. The van der Waals surface area contributed by atoms with E-state index >= 15 is 0 Å². The number of rotatable bonds is 5. The lowest BCUT2D eigenvalue weighted by molar-refractivity contribution is -0.00715. The summed E-state index contributed by atoms with van der Waals surface area (Å²) in [7, 11) is 0.